The molecule has 118 valence electrons. The summed E-state index contributed by atoms with van der Waals surface area (Å²) >= 11 is 6.75. The lowest BCUT2D eigenvalue weighted by molar-refractivity contribution is -0.117. The van der Waals surface area contributed by atoms with E-state index in [0.29, 0.717) is 13.1 Å². The standard InChI is InChI=1S/C14H19I3N2O2/c1-2-3-4-19(5-6-20)9-13(21)18-14-11(16)7-10(15)8-12(14)17/h7-8,20H,2-6,9H2,1H3,(H,18,21). The summed E-state index contributed by atoms with van der Waals surface area (Å²) in [4.78, 5) is 14.2. The van der Waals surface area contributed by atoms with E-state index in [9.17, 15) is 4.79 Å². The van der Waals surface area contributed by atoms with E-state index in [2.05, 4.69) is 80.0 Å². The van der Waals surface area contributed by atoms with E-state index in [1.807, 2.05) is 17.0 Å². The smallest absolute Gasteiger partial charge is 0.238 e. The Labute approximate surface area is 166 Å². The lowest BCUT2D eigenvalue weighted by Gasteiger charge is -2.21. The average Bonchev–Trinajstić information content (AvgIpc) is 2.40. The fraction of sp³-hybridized carbons (Fsp3) is 0.500. The van der Waals surface area contributed by atoms with Gasteiger partial charge in [-0.1, -0.05) is 13.3 Å². The number of nitrogens with zero attached hydrogens (tertiary/aromatic N) is 1. The van der Waals surface area contributed by atoms with Gasteiger partial charge >= 0.3 is 0 Å². The number of hydrogen-bond acceptors (Lipinski definition) is 3. The van der Waals surface area contributed by atoms with Crippen molar-refractivity contribution in [1.29, 1.82) is 0 Å². The van der Waals surface area contributed by atoms with Gasteiger partial charge in [0, 0.05) is 17.3 Å². The van der Waals surface area contributed by atoms with E-state index in [-0.39, 0.29) is 12.5 Å². The molecule has 2 N–H and O–H groups in total. The number of hydrogen-bond donors (Lipinski definition) is 2. The molecule has 0 fully saturated rings. The number of amides is 1. The van der Waals surface area contributed by atoms with Crippen LogP contribution in [0.5, 0.6) is 0 Å². The van der Waals surface area contributed by atoms with Crippen LogP contribution in [0.2, 0.25) is 0 Å². The van der Waals surface area contributed by atoms with Crippen LogP contribution in [0.4, 0.5) is 5.69 Å². The Morgan fingerprint density at radius 1 is 1.24 bits per heavy atom. The van der Waals surface area contributed by atoms with Gasteiger partial charge in [-0.05, 0) is 92.9 Å². The Bertz CT molecular complexity index is 460. The lowest BCUT2D eigenvalue weighted by atomic mass is 10.3. The third-order valence-electron chi connectivity index (χ3n) is 2.88. The van der Waals surface area contributed by atoms with Crippen molar-refractivity contribution in [2.24, 2.45) is 0 Å². The molecular formula is C14H19I3N2O2. The highest BCUT2D eigenvalue weighted by atomic mass is 127. The maximum Gasteiger partial charge on any atom is 0.238 e. The van der Waals surface area contributed by atoms with Gasteiger partial charge in [0.25, 0.3) is 0 Å². The summed E-state index contributed by atoms with van der Waals surface area (Å²) in [7, 11) is 0. The molecule has 1 aromatic rings. The van der Waals surface area contributed by atoms with Crippen LogP contribution in [0.1, 0.15) is 19.8 Å². The van der Waals surface area contributed by atoms with Crippen molar-refractivity contribution in [3.05, 3.63) is 22.8 Å². The molecular weight excluding hydrogens is 609 g/mol. The second-order valence-electron chi connectivity index (χ2n) is 4.65. The quantitative estimate of drug-likeness (QED) is 0.434. The van der Waals surface area contributed by atoms with E-state index in [4.69, 9.17) is 5.11 Å². The van der Waals surface area contributed by atoms with E-state index < -0.39 is 0 Å². The molecule has 0 unspecified atom stereocenters. The number of rotatable bonds is 8. The first-order valence-corrected chi connectivity index (χ1v) is 9.99. The summed E-state index contributed by atoms with van der Waals surface area (Å²) in [5.41, 5.74) is 0.876. The minimum absolute atomic E-state index is 0.0309. The van der Waals surface area contributed by atoms with Crippen LogP contribution in [0.25, 0.3) is 0 Å². The average molecular weight is 628 g/mol. The SMILES string of the molecule is CCCCN(CCO)CC(=O)Nc1c(I)cc(I)cc1I. The molecule has 0 aliphatic carbocycles. The van der Waals surface area contributed by atoms with Crippen molar-refractivity contribution in [2.75, 3.05) is 31.6 Å². The number of halogens is 3. The molecule has 21 heavy (non-hydrogen) atoms. The first kappa shape index (κ1) is 19.8. The topological polar surface area (TPSA) is 52.6 Å². The number of nitrogens with one attached hydrogen (secondary N) is 1. The van der Waals surface area contributed by atoms with Crippen molar-refractivity contribution >= 4 is 79.4 Å². The van der Waals surface area contributed by atoms with Gasteiger partial charge in [0.15, 0.2) is 0 Å². The second kappa shape index (κ2) is 10.6. The van der Waals surface area contributed by atoms with Crippen LogP contribution in [0.3, 0.4) is 0 Å². The second-order valence-corrected chi connectivity index (χ2v) is 8.22. The van der Waals surface area contributed by atoms with Crippen molar-refractivity contribution < 1.29 is 9.90 Å². The van der Waals surface area contributed by atoms with E-state index in [0.717, 1.165) is 35.8 Å². The molecule has 0 heterocycles. The molecule has 0 aliphatic rings. The predicted molar refractivity (Wildman–Crippen MR) is 112 cm³/mol. The lowest BCUT2D eigenvalue weighted by Crippen LogP contribution is -2.36. The van der Waals surface area contributed by atoms with Crippen molar-refractivity contribution in [1.82, 2.24) is 4.90 Å². The van der Waals surface area contributed by atoms with Crippen LogP contribution in [0, 0.1) is 10.7 Å². The molecule has 0 saturated heterocycles. The van der Waals surface area contributed by atoms with Gasteiger partial charge in [-0.3, -0.25) is 9.69 Å². The zero-order valence-corrected chi connectivity index (χ0v) is 18.3. The maximum absolute atomic E-state index is 12.2. The summed E-state index contributed by atoms with van der Waals surface area (Å²) in [6, 6.07) is 4.09. The summed E-state index contributed by atoms with van der Waals surface area (Å²) in [5.74, 6) is -0.0309. The van der Waals surface area contributed by atoms with Crippen molar-refractivity contribution in [3.63, 3.8) is 0 Å². The normalized spacial score (nSPS) is 11.0. The summed E-state index contributed by atoms with van der Waals surface area (Å²) in [5, 5.41) is 12.1. The monoisotopic (exact) mass is 628 g/mol. The third kappa shape index (κ3) is 7.27. The van der Waals surface area contributed by atoms with Crippen LogP contribution in [-0.2, 0) is 4.79 Å². The molecule has 1 amide bonds. The Hall–Kier alpha value is 0.800. The zero-order chi connectivity index (χ0) is 15.8. The zero-order valence-electron chi connectivity index (χ0n) is 11.8. The number of aliphatic hydroxyl groups excluding tert-OH is 1. The summed E-state index contributed by atoms with van der Waals surface area (Å²) in [6.07, 6.45) is 2.11. The number of benzene rings is 1. The minimum Gasteiger partial charge on any atom is -0.395 e. The molecule has 0 saturated carbocycles. The summed E-state index contributed by atoms with van der Waals surface area (Å²) in [6.45, 7) is 3.89. The highest BCUT2D eigenvalue weighted by Gasteiger charge is 2.13. The van der Waals surface area contributed by atoms with Gasteiger partial charge in [-0.2, -0.15) is 0 Å². The first-order valence-electron chi connectivity index (χ1n) is 6.75. The molecule has 7 heteroatoms. The molecule has 0 aromatic heterocycles. The predicted octanol–water partition coefficient (Wildman–Crippen LogP) is 3.53. The van der Waals surface area contributed by atoms with Crippen LogP contribution < -0.4 is 5.32 Å². The van der Waals surface area contributed by atoms with Gasteiger partial charge in [0.05, 0.1) is 18.8 Å². The highest BCUT2D eigenvalue weighted by molar-refractivity contribution is 14.1. The van der Waals surface area contributed by atoms with E-state index in [1.54, 1.807) is 0 Å². The largest absolute Gasteiger partial charge is 0.395 e. The molecule has 1 aromatic carbocycles. The van der Waals surface area contributed by atoms with Gasteiger partial charge in [-0.25, -0.2) is 0 Å². The van der Waals surface area contributed by atoms with Crippen LogP contribution >= 0.6 is 67.8 Å². The Balaban J connectivity index is 2.67. The van der Waals surface area contributed by atoms with Gasteiger partial charge < -0.3 is 10.4 Å². The molecule has 4 nitrogen and oxygen atoms in total. The maximum atomic E-state index is 12.2. The Morgan fingerprint density at radius 2 is 1.86 bits per heavy atom. The Morgan fingerprint density at radius 3 is 2.38 bits per heavy atom. The number of unbranched alkanes of at least 4 members (excludes halogenated alkanes) is 1. The summed E-state index contributed by atoms with van der Waals surface area (Å²) < 4.78 is 3.24. The molecule has 1 rings (SSSR count). The molecule has 0 aliphatic heterocycles. The molecule has 0 radical (unpaired) electrons. The first-order chi connectivity index (χ1) is 9.97. The number of carbonyl (C=O) groups is 1. The number of anilines is 1. The van der Waals surface area contributed by atoms with Crippen LogP contribution in [0.15, 0.2) is 12.1 Å². The van der Waals surface area contributed by atoms with Crippen molar-refractivity contribution in [2.45, 2.75) is 19.8 Å². The van der Waals surface area contributed by atoms with Gasteiger partial charge in [0.2, 0.25) is 5.91 Å². The van der Waals surface area contributed by atoms with Crippen LogP contribution in [-0.4, -0.2) is 42.2 Å². The van der Waals surface area contributed by atoms with Gasteiger partial charge in [0.1, 0.15) is 0 Å². The molecule has 0 atom stereocenters. The van der Waals surface area contributed by atoms with Gasteiger partial charge in [-0.15, -0.1) is 0 Å². The highest BCUT2D eigenvalue weighted by Crippen LogP contribution is 2.27. The third-order valence-corrected chi connectivity index (χ3v) is 5.21. The minimum atomic E-state index is -0.0309. The van der Waals surface area contributed by atoms with E-state index in [1.165, 1.54) is 0 Å². The number of aliphatic hydroxyl groups is 1. The molecule has 0 spiro atoms. The Kier molecular flexibility index (Phi) is 9.97. The fourth-order valence-corrected chi connectivity index (χ4v) is 5.69. The van der Waals surface area contributed by atoms with E-state index >= 15 is 0 Å². The van der Waals surface area contributed by atoms with Crippen molar-refractivity contribution in [3.8, 4) is 0 Å². The molecule has 0 bridgehead atoms. The fourth-order valence-electron chi connectivity index (χ4n) is 1.84. The number of carbonyl (C=O) groups excluding carboxylic acids is 1.